The van der Waals surface area contributed by atoms with Crippen LogP contribution in [0.4, 0.5) is 24.5 Å². The van der Waals surface area contributed by atoms with E-state index in [1.54, 1.807) is 7.05 Å². The van der Waals surface area contributed by atoms with Crippen LogP contribution in [-0.2, 0) is 33.0 Å². The third kappa shape index (κ3) is 4.97. The number of aryl methyl sites for hydroxylation is 1. The minimum Gasteiger partial charge on any atom is -0.493 e. The van der Waals surface area contributed by atoms with Gasteiger partial charge in [0.2, 0.25) is 5.88 Å². The molecule has 3 heterocycles. The Morgan fingerprint density at radius 1 is 1.08 bits per heavy atom. The fourth-order valence-corrected chi connectivity index (χ4v) is 4.77. The fourth-order valence-electron chi connectivity index (χ4n) is 4.31. The summed E-state index contributed by atoms with van der Waals surface area (Å²) >= 11 is 0. The number of ether oxygens (including phenoxy) is 2. The molecule has 0 amide bonds. The molecule has 14 heteroatoms. The van der Waals surface area contributed by atoms with Crippen molar-refractivity contribution in [2.45, 2.75) is 38.5 Å². The van der Waals surface area contributed by atoms with Crippen molar-refractivity contribution in [3.8, 4) is 22.9 Å². The molecule has 4 rings (SSSR count). The standard InChI is InChI=1S/C24H28F3N5O5S/c1-23(2,3)20-19(35-5)18(31(4)30-20)21-29-17-16(32(21)37-38(7,33)34)12-15(28-22(17)36-6)13-10-8-9-11-14(13)24(25,26)27/h8-12,21,29H,1-7H3. The molecule has 1 unspecified atom stereocenters. The van der Waals surface area contributed by atoms with E-state index in [4.69, 9.17) is 13.8 Å². The third-order valence-electron chi connectivity index (χ3n) is 5.86. The highest BCUT2D eigenvalue weighted by Gasteiger charge is 2.43. The Morgan fingerprint density at radius 3 is 2.29 bits per heavy atom. The number of nitrogens with one attached hydrogen (secondary N) is 1. The van der Waals surface area contributed by atoms with E-state index in [-0.39, 0.29) is 28.5 Å². The van der Waals surface area contributed by atoms with Gasteiger partial charge in [0.25, 0.3) is 10.1 Å². The van der Waals surface area contributed by atoms with Crippen molar-refractivity contribution in [1.29, 1.82) is 0 Å². The number of rotatable bonds is 6. The van der Waals surface area contributed by atoms with Crippen LogP contribution in [0.15, 0.2) is 30.3 Å². The molecule has 0 aliphatic carbocycles. The van der Waals surface area contributed by atoms with Gasteiger partial charge in [-0.15, -0.1) is 4.28 Å². The molecule has 0 spiro atoms. The second-order valence-electron chi connectivity index (χ2n) is 9.75. The summed E-state index contributed by atoms with van der Waals surface area (Å²) in [5.74, 6) is 0.332. The molecule has 1 N–H and O–H groups in total. The van der Waals surface area contributed by atoms with Crippen molar-refractivity contribution in [2.24, 2.45) is 7.05 Å². The first kappa shape index (κ1) is 27.5. The lowest BCUT2D eigenvalue weighted by Crippen LogP contribution is -2.32. The smallest absolute Gasteiger partial charge is 0.417 e. The Bertz CT molecular complexity index is 1480. The van der Waals surface area contributed by atoms with Crippen LogP contribution in [0, 0.1) is 0 Å². The minimum atomic E-state index is -4.65. The maximum atomic E-state index is 13.8. The van der Waals surface area contributed by atoms with E-state index in [1.807, 2.05) is 20.8 Å². The first-order chi connectivity index (χ1) is 17.6. The van der Waals surface area contributed by atoms with Crippen molar-refractivity contribution < 1.29 is 35.3 Å². The van der Waals surface area contributed by atoms with Gasteiger partial charge in [-0.2, -0.15) is 26.7 Å². The average Bonchev–Trinajstić information content (AvgIpc) is 3.33. The monoisotopic (exact) mass is 555 g/mol. The van der Waals surface area contributed by atoms with E-state index < -0.39 is 33.4 Å². The summed E-state index contributed by atoms with van der Waals surface area (Å²) in [6.45, 7) is 5.83. The van der Waals surface area contributed by atoms with Gasteiger partial charge in [0.05, 0.1) is 37.4 Å². The lowest BCUT2D eigenvalue weighted by Gasteiger charge is -2.25. The summed E-state index contributed by atoms with van der Waals surface area (Å²) in [5, 5.41) is 8.76. The van der Waals surface area contributed by atoms with Gasteiger partial charge in [0.15, 0.2) is 11.9 Å². The number of fused-ring (bicyclic) bond motifs is 1. The van der Waals surface area contributed by atoms with Gasteiger partial charge in [-0.25, -0.2) is 10.0 Å². The van der Waals surface area contributed by atoms with Gasteiger partial charge in [-0.3, -0.25) is 4.68 Å². The quantitative estimate of drug-likeness (QED) is 0.466. The van der Waals surface area contributed by atoms with Crippen LogP contribution in [0.25, 0.3) is 11.3 Å². The van der Waals surface area contributed by atoms with Crippen LogP contribution < -0.4 is 19.9 Å². The number of pyridine rings is 1. The van der Waals surface area contributed by atoms with Crippen molar-refractivity contribution >= 4 is 21.5 Å². The predicted octanol–water partition coefficient (Wildman–Crippen LogP) is 4.64. The van der Waals surface area contributed by atoms with Gasteiger partial charge < -0.3 is 14.8 Å². The molecular weight excluding hydrogens is 527 g/mol. The summed E-state index contributed by atoms with van der Waals surface area (Å²) in [4.78, 5) is 4.31. The predicted molar refractivity (Wildman–Crippen MR) is 134 cm³/mol. The third-order valence-corrected chi connectivity index (χ3v) is 6.29. The molecule has 38 heavy (non-hydrogen) atoms. The average molecular weight is 556 g/mol. The zero-order valence-electron chi connectivity index (χ0n) is 21.8. The van der Waals surface area contributed by atoms with Crippen molar-refractivity contribution in [3.63, 3.8) is 0 Å². The zero-order valence-corrected chi connectivity index (χ0v) is 22.7. The first-order valence-corrected chi connectivity index (χ1v) is 13.2. The fraction of sp³-hybridized carbons (Fsp3) is 0.417. The molecule has 0 saturated carbocycles. The Labute approximate surface area is 218 Å². The highest BCUT2D eigenvalue weighted by Crippen LogP contribution is 2.50. The molecule has 0 saturated heterocycles. The molecule has 1 aliphatic heterocycles. The second kappa shape index (κ2) is 9.34. The Balaban J connectivity index is 1.96. The largest absolute Gasteiger partial charge is 0.493 e. The molecular formula is C24H28F3N5O5S. The molecule has 206 valence electrons. The molecule has 1 atom stereocenters. The topological polar surface area (TPSA) is 108 Å². The maximum absolute atomic E-state index is 13.8. The number of benzene rings is 1. The number of alkyl halides is 3. The highest BCUT2D eigenvalue weighted by molar-refractivity contribution is 7.86. The van der Waals surface area contributed by atoms with E-state index in [0.29, 0.717) is 17.1 Å². The Hall–Kier alpha value is -3.52. The molecule has 1 aromatic carbocycles. The van der Waals surface area contributed by atoms with Gasteiger partial charge in [0, 0.05) is 18.0 Å². The number of hydrogen-bond acceptors (Lipinski definition) is 9. The summed E-state index contributed by atoms with van der Waals surface area (Å²) in [7, 11) is 0.337. The molecule has 1 aliphatic rings. The van der Waals surface area contributed by atoms with E-state index in [2.05, 4.69) is 15.4 Å². The lowest BCUT2D eigenvalue weighted by molar-refractivity contribution is -0.137. The Morgan fingerprint density at radius 2 is 1.74 bits per heavy atom. The minimum absolute atomic E-state index is 0.0590. The maximum Gasteiger partial charge on any atom is 0.417 e. The molecule has 2 aromatic heterocycles. The number of halogens is 3. The molecule has 0 radical (unpaired) electrons. The molecule has 0 fully saturated rings. The van der Waals surface area contributed by atoms with Crippen LogP contribution in [0.2, 0.25) is 0 Å². The number of anilines is 2. The van der Waals surface area contributed by atoms with Gasteiger partial charge in [0.1, 0.15) is 17.1 Å². The summed E-state index contributed by atoms with van der Waals surface area (Å²) in [6.07, 6.45) is -4.81. The lowest BCUT2D eigenvalue weighted by atomic mass is 9.91. The van der Waals surface area contributed by atoms with Crippen LogP contribution >= 0.6 is 0 Å². The van der Waals surface area contributed by atoms with Crippen LogP contribution in [0.3, 0.4) is 0 Å². The van der Waals surface area contributed by atoms with Crippen LogP contribution in [0.5, 0.6) is 11.6 Å². The summed E-state index contributed by atoms with van der Waals surface area (Å²) < 4.78 is 84.0. The number of aromatic nitrogens is 3. The highest BCUT2D eigenvalue weighted by atomic mass is 32.2. The Kier molecular flexibility index (Phi) is 6.77. The van der Waals surface area contributed by atoms with Crippen molar-refractivity contribution in [1.82, 2.24) is 14.8 Å². The summed E-state index contributed by atoms with van der Waals surface area (Å²) in [5.41, 5.74) is -0.299. The molecule has 10 nitrogen and oxygen atoms in total. The van der Waals surface area contributed by atoms with E-state index >= 15 is 0 Å². The van der Waals surface area contributed by atoms with Gasteiger partial charge >= 0.3 is 6.18 Å². The van der Waals surface area contributed by atoms with Crippen LogP contribution in [0.1, 0.15) is 43.9 Å². The SMILES string of the molecule is COc1nc(-c2ccccc2C(F)(F)F)cc2c1NC(c1c(OC)c(C(C)(C)C)nn1C)N2OS(C)(=O)=O. The van der Waals surface area contributed by atoms with Crippen molar-refractivity contribution in [2.75, 3.05) is 30.9 Å². The normalized spacial score (nSPS) is 15.8. The molecule has 3 aromatic rings. The van der Waals surface area contributed by atoms with Gasteiger partial charge in [-0.1, -0.05) is 39.0 Å². The van der Waals surface area contributed by atoms with E-state index in [0.717, 1.165) is 17.4 Å². The zero-order chi connectivity index (χ0) is 28.2. The van der Waals surface area contributed by atoms with E-state index in [9.17, 15) is 21.6 Å². The van der Waals surface area contributed by atoms with Crippen molar-refractivity contribution in [3.05, 3.63) is 47.3 Å². The molecule has 0 bridgehead atoms. The van der Waals surface area contributed by atoms with Gasteiger partial charge in [-0.05, 0) is 12.1 Å². The first-order valence-electron chi connectivity index (χ1n) is 11.4. The number of nitrogens with zero attached hydrogens (tertiary/aromatic N) is 4. The number of hydroxylamine groups is 1. The summed E-state index contributed by atoms with van der Waals surface area (Å²) in [6, 6.07) is 6.25. The second-order valence-corrected chi connectivity index (χ2v) is 11.3. The van der Waals surface area contributed by atoms with Crippen LogP contribution in [-0.4, -0.2) is 43.7 Å². The van der Waals surface area contributed by atoms with E-state index in [1.165, 1.54) is 43.2 Å². The number of hydrogen-bond donors (Lipinski definition) is 1. The number of methoxy groups -OCH3 is 2.